The molecule has 1 heterocycles. The van der Waals surface area contributed by atoms with E-state index in [1.807, 2.05) is 24.3 Å². The van der Waals surface area contributed by atoms with Gasteiger partial charge in [-0.25, -0.2) is 0 Å². The van der Waals surface area contributed by atoms with Gasteiger partial charge in [0.25, 0.3) is 5.91 Å². The van der Waals surface area contributed by atoms with Crippen molar-refractivity contribution in [3.63, 3.8) is 0 Å². The Kier molecular flexibility index (Phi) is 4.15. The highest BCUT2D eigenvalue weighted by atomic mass is 16.1. The predicted octanol–water partition coefficient (Wildman–Crippen LogP) is 2.57. The highest BCUT2D eigenvalue weighted by Crippen LogP contribution is 2.23. The van der Waals surface area contributed by atoms with Crippen LogP contribution in [0.5, 0.6) is 0 Å². The molecule has 2 rings (SSSR count). The number of nitrogens with one attached hydrogen (secondary N) is 1. The Labute approximate surface area is 119 Å². The normalized spacial score (nSPS) is 11.2. The molecule has 4 heteroatoms. The van der Waals surface area contributed by atoms with E-state index in [-0.39, 0.29) is 11.3 Å². The lowest BCUT2D eigenvalue weighted by molar-refractivity contribution is 0.102. The average molecular weight is 269 g/mol. The topological polar surface area (TPSA) is 68.0 Å². The van der Waals surface area contributed by atoms with Crippen molar-refractivity contribution >= 4 is 11.6 Å². The predicted molar refractivity (Wildman–Crippen MR) is 80.7 cm³/mol. The van der Waals surface area contributed by atoms with Gasteiger partial charge in [-0.3, -0.25) is 9.78 Å². The van der Waals surface area contributed by atoms with E-state index >= 15 is 0 Å². The minimum Gasteiger partial charge on any atom is -0.330 e. The smallest absolute Gasteiger partial charge is 0.255 e. The minimum absolute atomic E-state index is 0.0619. The summed E-state index contributed by atoms with van der Waals surface area (Å²) in [5.74, 6) is -0.141. The molecule has 0 bridgehead atoms. The Bertz CT molecular complexity index is 576. The zero-order valence-electron chi connectivity index (χ0n) is 11.8. The van der Waals surface area contributed by atoms with Gasteiger partial charge < -0.3 is 11.1 Å². The Balaban J connectivity index is 2.10. The fraction of sp³-hybridized carbons (Fsp3) is 0.250. The summed E-state index contributed by atoms with van der Waals surface area (Å²) in [4.78, 5) is 15.9. The first-order chi connectivity index (χ1) is 9.53. The summed E-state index contributed by atoms with van der Waals surface area (Å²) >= 11 is 0. The summed E-state index contributed by atoms with van der Waals surface area (Å²) in [7, 11) is 0. The summed E-state index contributed by atoms with van der Waals surface area (Å²) in [5.41, 5.74) is 8.21. The van der Waals surface area contributed by atoms with Gasteiger partial charge in [-0.1, -0.05) is 26.0 Å². The number of pyridine rings is 1. The molecule has 1 aromatic heterocycles. The number of aromatic nitrogens is 1. The molecule has 0 spiro atoms. The van der Waals surface area contributed by atoms with E-state index in [4.69, 9.17) is 5.73 Å². The fourth-order valence-corrected chi connectivity index (χ4v) is 1.83. The second-order valence-corrected chi connectivity index (χ2v) is 5.36. The maximum absolute atomic E-state index is 12.0. The van der Waals surface area contributed by atoms with Crippen LogP contribution in [0.2, 0.25) is 0 Å². The molecular weight excluding hydrogens is 250 g/mol. The molecule has 104 valence electrons. The molecule has 0 aliphatic heterocycles. The second kappa shape index (κ2) is 5.84. The van der Waals surface area contributed by atoms with Crippen molar-refractivity contribution in [2.75, 3.05) is 11.9 Å². The number of benzene rings is 1. The lowest BCUT2D eigenvalue weighted by Crippen LogP contribution is -2.27. The van der Waals surface area contributed by atoms with E-state index in [0.717, 1.165) is 11.3 Å². The van der Waals surface area contributed by atoms with Gasteiger partial charge in [0.1, 0.15) is 0 Å². The number of nitrogens with zero attached hydrogens (tertiary/aromatic N) is 1. The monoisotopic (exact) mass is 269 g/mol. The first-order valence-corrected chi connectivity index (χ1v) is 6.55. The van der Waals surface area contributed by atoms with Gasteiger partial charge in [-0.2, -0.15) is 0 Å². The Morgan fingerprint density at radius 1 is 1.15 bits per heavy atom. The van der Waals surface area contributed by atoms with Crippen molar-refractivity contribution in [2.45, 2.75) is 19.3 Å². The molecule has 1 amide bonds. The van der Waals surface area contributed by atoms with E-state index in [2.05, 4.69) is 24.1 Å². The largest absolute Gasteiger partial charge is 0.330 e. The van der Waals surface area contributed by atoms with Gasteiger partial charge in [0.2, 0.25) is 0 Å². The van der Waals surface area contributed by atoms with Gasteiger partial charge >= 0.3 is 0 Å². The van der Waals surface area contributed by atoms with Crippen LogP contribution in [0.15, 0.2) is 48.8 Å². The van der Waals surface area contributed by atoms with Crippen LogP contribution < -0.4 is 11.1 Å². The standard InChI is InChI=1S/C16H19N3O/c1-16(2,11-17)13-3-5-14(6-4-13)19-15(20)12-7-9-18-10-8-12/h3-10H,11,17H2,1-2H3,(H,19,20). The molecular formula is C16H19N3O. The molecule has 0 saturated carbocycles. The number of hydrogen-bond acceptors (Lipinski definition) is 3. The molecule has 0 unspecified atom stereocenters. The Morgan fingerprint density at radius 2 is 1.75 bits per heavy atom. The third kappa shape index (κ3) is 3.22. The summed E-state index contributed by atoms with van der Waals surface area (Å²) in [5, 5.41) is 2.86. The van der Waals surface area contributed by atoms with Gasteiger partial charge in [-0.15, -0.1) is 0 Å². The van der Waals surface area contributed by atoms with Crippen LogP contribution in [0, 0.1) is 0 Å². The number of anilines is 1. The third-order valence-corrected chi connectivity index (χ3v) is 3.38. The number of rotatable bonds is 4. The van der Waals surface area contributed by atoms with Crippen molar-refractivity contribution in [2.24, 2.45) is 5.73 Å². The summed E-state index contributed by atoms with van der Waals surface area (Å²) in [6.45, 7) is 4.77. The summed E-state index contributed by atoms with van der Waals surface area (Å²) in [6, 6.07) is 11.1. The van der Waals surface area contributed by atoms with E-state index < -0.39 is 0 Å². The van der Waals surface area contributed by atoms with E-state index in [1.165, 1.54) is 0 Å². The lowest BCUT2D eigenvalue weighted by atomic mass is 9.85. The van der Waals surface area contributed by atoms with Crippen molar-refractivity contribution in [1.82, 2.24) is 4.98 Å². The molecule has 3 N–H and O–H groups in total. The molecule has 0 aliphatic carbocycles. The molecule has 0 saturated heterocycles. The molecule has 4 nitrogen and oxygen atoms in total. The molecule has 0 aliphatic rings. The molecule has 0 fully saturated rings. The van der Waals surface area contributed by atoms with E-state index in [9.17, 15) is 4.79 Å². The van der Waals surface area contributed by atoms with E-state index in [1.54, 1.807) is 24.5 Å². The van der Waals surface area contributed by atoms with Crippen molar-refractivity contribution in [3.8, 4) is 0 Å². The van der Waals surface area contributed by atoms with Gasteiger partial charge in [-0.05, 0) is 29.8 Å². The highest BCUT2D eigenvalue weighted by molar-refractivity contribution is 6.04. The maximum Gasteiger partial charge on any atom is 0.255 e. The molecule has 1 aromatic carbocycles. The maximum atomic E-state index is 12.0. The zero-order chi connectivity index (χ0) is 14.6. The van der Waals surface area contributed by atoms with E-state index in [0.29, 0.717) is 12.1 Å². The van der Waals surface area contributed by atoms with Gasteiger partial charge in [0, 0.05) is 35.6 Å². The van der Waals surface area contributed by atoms with Crippen molar-refractivity contribution in [1.29, 1.82) is 0 Å². The average Bonchev–Trinajstić information content (AvgIpc) is 2.48. The molecule has 0 radical (unpaired) electrons. The van der Waals surface area contributed by atoms with Gasteiger partial charge in [0.05, 0.1) is 0 Å². The van der Waals surface area contributed by atoms with Crippen LogP contribution in [0.3, 0.4) is 0 Å². The first kappa shape index (κ1) is 14.2. The molecule has 2 aromatic rings. The third-order valence-electron chi connectivity index (χ3n) is 3.38. The first-order valence-electron chi connectivity index (χ1n) is 6.55. The second-order valence-electron chi connectivity index (χ2n) is 5.36. The van der Waals surface area contributed by atoms with Crippen LogP contribution >= 0.6 is 0 Å². The van der Waals surface area contributed by atoms with Crippen LogP contribution in [-0.4, -0.2) is 17.4 Å². The van der Waals surface area contributed by atoms with Crippen LogP contribution in [0.1, 0.15) is 29.8 Å². The summed E-state index contributed by atoms with van der Waals surface area (Å²) in [6.07, 6.45) is 3.20. The lowest BCUT2D eigenvalue weighted by Gasteiger charge is -2.23. The van der Waals surface area contributed by atoms with Crippen LogP contribution in [-0.2, 0) is 5.41 Å². The van der Waals surface area contributed by atoms with Crippen molar-refractivity contribution in [3.05, 3.63) is 59.9 Å². The minimum atomic E-state index is -0.141. The van der Waals surface area contributed by atoms with Crippen molar-refractivity contribution < 1.29 is 4.79 Å². The van der Waals surface area contributed by atoms with Crippen LogP contribution in [0.25, 0.3) is 0 Å². The molecule has 20 heavy (non-hydrogen) atoms. The highest BCUT2D eigenvalue weighted by Gasteiger charge is 2.18. The number of carbonyl (C=O) groups is 1. The Hall–Kier alpha value is -2.20. The Morgan fingerprint density at radius 3 is 2.30 bits per heavy atom. The number of carbonyl (C=O) groups excluding carboxylic acids is 1. The number of amides is 1. The van der Waals surface area contributed by atoms with Gasteiger partial charge in [0.15, 0.2) is 0 Å². The fourth-order valence-electron chi connectivity index (χ4n) is 1.83. The number of hydrogen-bond donors (Lipinski definition) is 2. The molecule has 0 atom stereocenters. The number of nitrogens with two attached hydrogens (primary N) is 1. The van der Waals surface area contributed by atoms with Crippen LogP contribution in [0.4, 0.5) is 5.69 Å². The zero-order valence-corrected chi connectivity index (χ0v) is 11.8. The quantitative estimate of drug-likeness (QED) is 0.896. The SMILES string of the molecule is CC(C)(CN)c1ccc(NC(=O)c2ccncc2)cc1. The summed E-state index contributed by atoms with van der Waals surface area (Å²) < 4.78 is 0.